The summed E-state index contributed by atoms with van der Waals surface area (Å²) in [5, 5.41) is 6.62. The van der Waals surface area contributed by atoms with Gasteiger partial charge in [0.2, 0.25) is 5.88 Å². The Balaban J connectivity index is 1.95. The van der Waals surface area contributed by atoms with Gasteiger partial charge in [-0.25, -0.2) is 9.98 Å². The minimum absolute atomic E-state index is 0.566. The highest BCUT2D eigenvalue weighted by Crippen LogP contribution is 2.27. The summed E-state index contributed by atoms with van der Waals surface area (Å²) in [6.45, 7) is 4.51. The second-order valence-electron chi connectivity index (χ2n) is 4.69. The fourth-order valence-corrected chi connectivity index (χ4v) is 1.80. The lowest BCUT2D eigenvalue weighted by molar-refractivity contribution is 0.392. The molecule has 0 radical (unpaired) electrons. The SMILES string of the molecule is CCNC(=NCc1cccnc1OC)NCC1CC1. The first-order valence-electron chi connectivity index (χ1n) is 6.83. The summed E-state index contributed by atoms with van der Waals surface area (Å²) in [7, 11) is 1.63. The Morgan fingerprint density at radius 1 is 1.47 bits per heavy atom. The summed E-state index contributed by atoms with van der Waals surface area (Å²) in [6.07, 6.45) is 4.40. The van der Waals surface area contributed by atoms with E-state index in [2.05, 4.69) is 27.5 Å². The molecule has 1 aromatic heterocycles. The van der Waals surface area contributed by atoms with Crippen molar-refractivity contribution in [1.82, 2.24) is 15.6 Å². The molecule has 0 bridgehead atoms. The molecule has 0 atom stereocenters. The number of nitrogens with zero attached hydrogens (tertiary/aromatic N) is 2. The molecule has 0 aromatic carbocycles. The first-order valence-corrected chi connectivity index (χ1v) is 6.83. The largest absolute Gasteiger partial charge is 0.481 e. The Morgan fingerprint density at radius 2 is 2.32 bits per heavy atom. The summed E-state index contributed by atoms with van der Waals surface area (Å²) >= 11 is 0. The zero-order valence-corrected chi connectivity index (χ0v) is 11.6. The van der Waals surface area contributed by atoms with E-state index in [1.165, 1.54) is 12.8 Å². The average molecular weight is 262 g/mol. The zero-order chi connectivity index (χ0) is 13.5. The molecular weight excluding hydrogens is 240 g/mol. The maximum atomic E-state index is 5.22. The standard InChI is InChI=1S/C14H22N4O/c1-3-15-14(17-9-11-6-7-11)18-10-12-5-4-8-16-13(12)19-2/h4-5,8,11H,3,6-7,9-10H2,1-2H3,(H2,15,17,18). The molecule has 0 unspecified atom stereocenters. The van der Waals surface area contributed by atoms with Crippen molar-refractivity contribution in [2.45, 2.75) is 26.3 Å². The van der Waals surface area contributed by atoms with E-state index in [0.717, 1.165) is 30.5 Å². The van der Waals surface area contributed by atoms with Crippen molar-refractivity contribution in [2.75, 3.05) is 20.2 Å². The van der Waals surface area contributed by atoms with Gasteiger partial charge in [-0.05, 0) is 31.7 Å². The second kappa shape index (κ2) is 6.97. The van der Waals surface area contributed by atoms with Gasteiger partial charge in [-0.2, -0.15) is 0 Å². The molecule has 1 aliphatic carbocycles. The lowest BCUT2D eigenvalue weighted by Crippen LogP contribution is -2.38. The molecule has 1 aromatic rings. The van der Waals surface area contributed by atoms with E-state index in [0.29, 0.717) is 12.4 Å². The number of ether oxygens (including phenoxy) is 1. The van der Waals surface area contributed by atoms with Gasteiger partial charge in [-0.3, -0.25) is 0 Å². The Bertz CT molecular complexity index is 429. The van der Waals surface area contributed by atoms with Crippen LogP contribution >= 0.6 is 0 Å². The molecule has 0 spiro atoms. The Morgan fingerprint density at radius 3 is 3.00 bits per heavy atom. The van der Waals surface area contributed by atoms with Crippen LogP contribution in [0.1, 0.15) is 25.3 Å². The van der Waals surface area contributed by atoms with E-state index in [1.807, 2.05) is 12.1 Å². The van der Waals surface area contributed by atoms with E-state index < -0.39 is 0 Å². The fourth-order valence-electron chi connectivity index (χ4n) is 1.80. The molecule has 5 heteroatoms. The average Bonchev–Trinajstić information content (AvgIpc) is 3.26. The first kappa shape index (κ1) is 13.6. The summed E-state index contributed by atoms with van der Waals surface area (Å²) in [5.74, 6) is 2.33. The number of hydrogen-bond acceptors (Lipinski definition) is 3. The van der Waals surface area contributed by atoms with E-state index in [1.54, 1.807) is 13.3 Å². The van der Waals surface area contributed by atoms with Gasteiger partial charge in [0.1, 0.15) is 0 Å². The van der Waals surface area contributed by atoms with Crippen LogP contribution in [0.3, 0.4) is 0 Å². The second-order valence-corrected chi connectivity index (χ2v) is 4.69. The zero-order valence-electron chi connectivity index (χ0n) is 11.6. The van der Waals surface area contributed by atoms with Gasteiger partial charge in [-0.1, -0.05) is 6.07 Å². The number of nitrogens with one attached hydrogen (secondary N) is 2. The number of methoxy groups -OCH3 is 1. The lowest BCUT2D eigenvalue weighted by atomic mass is 10.3. The highest BCUT2D eigenvalue weighted by atomic mass is 16.5. The van der Waals surface area contributed by atoms with E-state index in [4.69, 9.17) is 4.74 Å². The molecule has 2 N–H and O–H groups in total. The van der Waals surface area contributed by atoms with E-state index in [9.17, 15) is 0 Å². The number of rotatable bonds is 6. The molecule has 19 heavy (non-hydrogen) atoms. The molecule has 104 valence electrons. The molecule has 0 aliphatic heterocycles. The minimum Gasteiger partial charge on any atom is -0.481 e. The van der Waals surface area contributed by atoms with Crippen molar-refractivity contribution < 1.29 is 4.74 Å². The quantitative estimate of drug-likeness (QED) is 0.603. The molecule has 1 fully saturated rings. The van der Waals surface area contributed by atoms with Crippen LogP contribution < -0.4 is 15.4 Å². The summed E-state index contributed by atoms with van der Waals surface area (Å²) < 4.78 is 5.22. The Labute approximate surface area is 114 Å². The number of aromatic nitrogens is 1. The molecule has 2 rings (SSSR count). The molecule has 0 saturated heterocycles. The number of pyridine rings is 1. The van der Waals surface area contributed by atoms with Crippen LogP contribution in [-0.4, -0.2) is 31.1 Å². The molecule has 1 heterocycles. The van der Waals surface area contributed by atoms with Crippen LogP contribution in [0.15, 0.2) is 23.3 Å². The highest BCUT2D eigenvalue weighted by Gasteiger charge is 2.21. The molecule has 1 saturated carbocycles. The molecule has 5 nitrogen and oxygen atoms in total. The predicted molar refractivity (Wildman–Crippen MR) is 76.3 cm³/mol. The summed E-state index contributed by atoms with van der Waals surface area (Å²) in [6, 6.07) is 3.89. The molecule has 1 aliphatic rings. The van der Waals surface area contributed by atoms with Crippen LogP contribution in [0.5, 0.6) is 5.88 Å². The number of hydrogen-bond donors (Lipinski definition) is 2. The van der Waals surface area contributed by atoms with E-state index >= 15 is 0 Å². The maximum absolute atomic E-state index is 5.22. The van der Waals surface area contributed by atoms with Crippen LogP contribution in [0.2, 0.25) is 0 Å². The summed E-state index contributed by atoms with van der Waals surface area (Å²) in [4.78, 5) is 8.74. The van der Waals surface area contributed by atoms with Gasteiger partial charge in [0.25, 0.3) is 0 Å². The van der Waals surface area contributed by atoms with Crippen molar-refractivity contribution in [3.63, 3.8) is 0 Å². The lowest BCUT2D eigenvalue weighted by Gasteiger charge is -2.11. The van der Waals surface area contributed by atoms with Crippen molar-refractivity contribution >= 4 is 5.96 Å². The van der Waals surface area contributed by atoms with Crippen molar-refractivity contribution in [3.8, 4) is 5.88 Å². The smallest absolute Gasteiger partial charge is 0.218 e. The Hall–Kier alpha value is -1.78. The molecule has 0 amide bonds. The van der Waals surface area contributed by atoms with Gasteiger partial charge < -0.3 is 15.4 Å². The topological polar surface area (TPSA) is 58.5 Å². The summed E-state index contributed by atoms with van der Waals surface area (Å²) in [5.41, 5.74) is 0.994. The van der Waals surface area contributed by atoms with Gasteiger partial charge in [0, 0.05) is 24.8 Å². The third kappa shape index (κ3) is 4.43. The van der Waals surface area contributed by atoms with E-state index in [-0.39, 0.29) is 0 Å². The predicted octanol–water partition coefficient (Wildman–Crippen LogP) is 1.56. The van der Waals surface area contributed by atoms with Gasteiger partial charge in [0.15, 0.2) is 5.96 Å². The van der Waals surface area contributed by atoms with Gasteiger partial charge >= 0.3 is 0 Å². The van der Waals surface area contributed by atoms with Crippen LogP contribution in [0.4, 0.5) is 0 Å². The molecular formula is C14H22N4O. The normalized spacial score (nSPS) is 15.2. The maximum Gasteiger partial charge on any atom is 0.218 e. The third-order valence-corrected chi connectivity index (χ3v) is 3.05. The van der Waals surface area contributed by atoms with Crippen LogP contribution in [0, 0.1) is 5.92 Å². The van der Waals surface area contributed by atoms with Crippen LogP contribution in [-0.2, 0) is 6.54 Å². The van der Waals surface area contributed by atoms with Gasteiger partial charge in [0.05, 0.1) is 13.7 Å². The van der Waals surface area contributed by atoms with Crippen LogP contribution in [0.25, 0.3) is 0 Å². The monoisotopic (exact) mass is 262 g/mol. The third-order valence-electron chi connectivity index (χ3n) is 3.05. The van der Waals surface area contributed by atoms with Crippen molar-refractivity contribution in [2.24, 2.45) is 10.9 Å². The number of aliphatic imine (C=N–C) groups is 1. The Kier molecular flexibility index (Phi) is 5.01. The van der Waals surface area contributed by atoms with Crippen molar-refractivity contribution in [1.29, 1.82) is 0 Å². The fraction of sp³-hybridized carbons (Fsp3) is 0.571. The van der Waals surface area contributed by atoms with Crippen molar-refractivity contribution in [3.05, 3.63) is 23.9 Å². The van der Waals surface area contributed by atoms with Gasteiger partial charge in [-0.15, -0.1) is 0 Å². The minimum atomic E-state index is 0.566. The first-order chi connectivity index (χ1) is 9.33. The highest BCUT2D eigenvalue weighted by molar-refractivity contribution is 5.79. The number of guanidine groups is 1.